The molecule has 0 atom stereocenters. The van der Waals surface area contributed by atoms with E-state index in [1.165, 1.54) is 0 Å². The van der Waals surface area contributed by atoms with E-state index in [1.807, 2.05) is 6.92 Å². The van der Waals surface area contributed by atoms with Crippen LogP contribution in [-0.4, -0.2) is 54.3 Å². The topological polar surface area (TPSA) is 122 Å². The molecule has 5 N–H and O–H groups in total. The van der Waals surface area contributed by atoms with Gasteiger partial charge in [-0.2, -0.15) is 0 Å². The first-order chi connectivity index (χ1) is 16.6. The van der Waals surface area contributed by atoms with Gasteiger partial charge < -0.3 is 31.1 Å². The molecule has 0 unspecified atom stereocenters. The number of hydrogen-bond donors (Lipinski definition) is 5. The van der Waals surface area contributed by atoms with Crippen molar-refractivity contribution in [3.05, 3.63) is 59.3 Å². The van der Waals surface area contributed by atoms with Crippen molar-refractivity contribution >= 4 is 17.4 Å². The summed E-state index contributed by atoms with van der Waals surface area (Å²) in [5.41, 5.74) is 0.828. The zero-order valence-corrected chi connectivity index (χ0v) is 20.7. The average Bonchev–Trinajstić information content (AvgIpc) is 3.63. The molecule has 0 saturated heterocycles. The van der Waals surface area contributed by atoms with Gasteiger partial charge in [0.1, 0.15) is 5.76 Å². The van der Waals surface area contributed by atoms with Crippen molar-refractivity contribution < 1.29 is 24.6 Å². The van der Waals surface area contributed by atoms with E-state index in [0.717, 1.165) is 43.3 Å². The van der Waals surface area contributed by atoms with E-state index in [2.05, 4.69) is 10.6 Å². The van der Waals surface area contributed by atoms with Gasteiger partial charge in [0.15, 0.2) is 0 Å². The molecule has 188 valence electrons. The van der Waals surface area contributed by atoms with Crippen molar-refractivity contribution in [2.24, 2.45) is 5.92 Å². The highest BCUT2D eigenvalue weighted by molar-refractivity contribution is 6.10. The van der Waals surface area contributed by atoms with Gasteiger partial charge in [0.2, 0.25) is 5.69 Å². The van der Waals surface area contributed by atoms with Gasteiger partial charge in [0, 0.05) is 30.0 Å². The number of ether oxygens (including phenoxy) is 1. The third-order valence-electron chi connectivity index (χ3n) is 6.74. The standard InChI is InChI=1S/C26H35N5O4/c1-26(33)11-9-19(10-12-26)28-15-18-13-21(23(14-20(18)27)35-16-17-7-8-17)29-25(32)22-5-4-6-24(30(2)3)31(22)34/h4-6,13-15,17,19,27,32-34H,7-12,16H2,1-3H3/p+1/t19-,26-. The van der Waals surface area contributed by atoms with Crippen LogP contribution < -0.4 is 20.3 Å². The van der Waals surface area contributed by atoms with Gasteiger partial charge in [-0.15, -0.1) is 0 Å². The molecular formula is C26H36N5O4+. The summed E-state index contributed by atoms with van der Waals surface area (Å²) in [5, 5.41) is 35.5. The highest BCUT2D eigenvalue weighted by Crippen LogP contribution is 2.31. The number of aromatic nitrogens is 1. The molecule has 4 rings (SSSR count). The Bertz CT molecular complexity index is 1080. The zero-order valence-electron chi connectivity index (χ0n) is 20.7. The molecular weight excluding hydrogens is 446 g/mol. The number of nitrogens with zero attached hydrogens (tertiary/aromatic N) is 2. The maximum absolute atomic E-state index is 13.1. The molecule has 1 aromatic rings. The molecule has 3 aliphatic rings. The lowest BCUT2D eigenvalue weighted by molar-refractivity contribution is -0.895. The molecule has 35 heavy (non-hydrogen) atoms. The number of allylic oxidation sites excluding steroid dienone is 3. The average molecular weight is 483 g/mol. The van der Waals surface area contributed by atoms with Gasteiger partial charge in [-0.25, -0.2) is 0 Å². The molecule has 2 fully saturated rings. The van der Waals surface area contributed by atoms with E-state index in [0.29, 0.717) is 35.4 Å². The van der Waals surface area contributed by atoms with E-state index in [-0.39, 0.29) is 17.4 Å². The molecule has 0 radical (unpaired) electrons. The molecule has 9 heteroatoms. The minimum Gasteiger partial charge on any atom is -0.491 e. The van der Waals surface area contributed by atoms with Crippen LogP contribution in [0, 0.1) is 11.3 Å². The first-order valence-corrected chi connectivity index (χ1v) is 12.2. The molecule has 0 spiro atoms. The number of carbonyl (C=O) groups is 1. The lowest BCUT2D eigenvalue weighted by atomic mass is 9.84. The molecule has 9 nitrogen and oxygen atoms in total. The fourth-order valence-corrected chi connectivity index (χ4v) is 4.23. The van der Waals surface area contributed by atoms with Gasteiger partial charge in [-0.1, -0.05) is 0 Å². The van der Waals surface area contributed by atoms with E-state index < -0.39 is 11.5 Å². The summed E-state index contributed by atoms with van der Waals surface area (Å²) >= 11 is 0. The second-order valence-electron chi connectivity index (χ2n) is 10.2. The largest absolute Gasteiger partial charge is 0.491 e. The van der Waals surface area contributed by atoms with Crippen molar-refractivity contribution in [2.75, 3.05) is 25.6 Å². The predicted octanol–water partition coefficient (Wildman–Crippen LogP) is 2.40. The van der Waals surface area contributed by atoms with Crippen molar-refractivity contribution in [1.29, 1.82) is 5.41 Å². The number of anilines is 1. The minimum atomic E-state index is -0.607. The molecule has 1 aromatic heterocycles. The van der Waals surface area contributed by atoms with Crippen molar-refractivity contribution in [3.63, 3.8) is 0 Å². The first-order valence-electron chi connectivity index (χ1n) is 12.2. The maximum Gasteiger partial charge on any atom is 0.316 e. The van der Waals surface area contributed by atoms with Gasteiger partial charge >= 0.3 is 5.82 Å². The Morgan fingerprint density at radius 3 is 2.63 bits per heavy atom. The second kappa shape index (κ2) is 10.1. The van der Waals surface area contributed by atoms with Crippen molar-refractivity contribution in [2.45, 2.75) is 57.1 Å². The normalized spacial score (nSPS) is 25.5. The zero-order chi connectivity index (χ0) is 25.2. The van der Waals surface area contributed by atoms with Gasteiger partial charge in [0.05, 0.1) is 37.7 Å². The lowest BCUT2D eigenvalue weighted by Crippen LogP contribution is -2.45. The summed E-state index contributed by atoms with van der Waals surface area (Å²) in [4.78, 5) is 14.8. The number of nitrogens with one attached hydrogen (secondary N) is 3. The predicted molar refractivity (Wildman–Crippen MR) is 132 cm³/mol. The Labute approximate surface area is 206 Å². The van der Waals surface area contributed by atoms with Crippen molar-refractivity contribution in [1.82, 2.24) is 10.6 Å². The molecule has 0 aromatic carbocycles. The number of carbonyl (C=O) groups excluding carboxylic acids is 1. The van der Waals surface area contributed by atoms with Crippen molar-refractivity contribution in [3.8, 4) is 0 Å². The number of rotatable bonds is 8. The smallest absolute Gasteiger partial charge is 0.316 e. The molecule has 1 heterocycles. The minimum absolute atomic E-state index is 0.0807. The van der Waals surface area contributed by atoms with Crippen LogP contribution in [0.25, 0.3) is 0 Å². The summed E-state index contributed by atoms with van der Waals surface area (Å²) in [6.45, 7) is 2.41. The third kappa shape index (κ3) is 6.22. The number of aliphatic hydroxyl groups is 1. The number of hydrogen-bond acceptors (Lipinski definition) is 7. The fourth-order valence-electron chi connectivity index (χ4n) is 4.23. The summed E-state index contributed by atoms with van der Waals surface area (Å²) in [6, 6.07) is 5.18. The highest BCUT2D eigenvalue weighted by Gasteiger charge is 2.29. The van der Waals surface area contributed by atoms with Crippen LogP contribution in [0.5, 0.6) is 0 Å². The van der Waals surface area contributed by atoms with E-state index in [1.54, 1.807) is 55.5 Å². The van der Waals surface area contributed by atoms with Crippen LogP contribution in [0.1, 0.15) is 55.9 Å². The summed E-state index contributed by atoms with van der Waals surface area (Å²) in [6.07, 6.45) is 10.6. The SMILES string of the molecule is CN(C)c1cccc(C(=O)NC2=C/C(=C/N[C@H]3CC[C@](C)(O)CC3)C(=N)C=C2OCC2CC2)[n+]1O. The summed E-state index contributed by atoms with van der Waals surface area (Å²) < 4.78 is 6.82. The third-order valence-corrected chi connectivity index (χ3v) is 6.74. The lowest BCUT2D eigenvalue weighted by Gasteiger charge is -2.33. The second-order valence-corrected chi connectivity index (χ2v) is 10.2. The molecule has 2 saturated carbocycles. The van der Waals surface area contributed by atoms with Crippen LogP contribution >= 0.6 is 0 Å². The van der Waals surface area contributed by atoms with E-state index in [4.69, 9.17) is 10.1 Å². The molecule has 3 aliphatic carbocycles. The van der Waals surface area contributed by atoms with Crippen LogP contribution in [-0.2, 0) is 4.74 Å². The molecule has 0 bridgehead atoms. The molecule has 0 aliphatic heterocycles. The maximum atomic E-state index is 13.1. The number of pyridine rings is 1. The van der Waals surface area contributed by atoms with Crippen LogP contribution in [0.4, 0.5) is 5.82 Å². The Hall–Kier alpha value is -3.33. The first kappa shape index (κ1) is 24.8. The Morgan fingerprint density at radius 2 is 1.97 bits per heavy atom. The Kier molecular flexibility index (Phi) is 7.16. The van der Waals surface area contributed by atoms with Gasteiger partial charge in [-0.3, -0.25) is 9.69 Å². The fraction of sp³-hybridized carbons (Fsp3) is 0.500. The number of amides is 1. The van der Waals surface area contributed by atoms with E-state index in [9.17, 15) is 15.1 Å². The Morgan fingerprint density at radius 1 is 1.26 bits per heavy atom. The van der Waals surface area contributed by atoms with Crippen LogP contribution in [0.3, 0.4) is 0 Å². The van der Waals surface area contributed by atoms with Crippen LogP contribution in [0.15, 0.2) is 53.6 Å². The quantitative estimate of drug-likeness (QED) is 0.287. The monoisotopic (exact) mass is 482 g/mol. The van der Waals surface area contributed by atoms with Crippen LogP contribution in [0.2, 0.25) is 0 Å². The Balaban J connectivity index is 1.53. The van der Waals surface area contributed by atoms with E-state index >= 15 is 0 Å². The summed E-state index contributed by atoms with van der Waals surface area (Å²) in [5.74, 6) is 0.933. The van der Waals surface area contributed by atoms with Gasteiger partial charge in [-0.05, 0) is 74.3 Å². The van der Waals surface area contributed by atoms with Gasteiger partial charge in [0.25, 0.3) is 5.91 Å². The highest BCUT2D eigenvalue weighted by atomic mass is 16.5. The summed E-state index contributed by atoms with van der Waals surface area (Å²) in [7, 11) is 3.56. The molecule has 1 amide bonds.